The monoisotopic (exact) mass is 802 g/mol. The highest BCUT2D eigenvalue weighted by Gasteiger charge is 2.18. The summed E-state index contributed by atoms with van der Waals surface area (Å²) in [4.78, 5) is 15.8. The van der Waals surface area contributed by atoms with Crippen molar-refractivity contribution in [3.8, 4) is 73.2 Å². The van der Waals surface area contributed by atoms with Gasteiger partial charge < -0.3 is 4.57 Å². The van der Waals surface area contributed by atoms with E-state index < -0.39 is 0 Å². The number of benzene rings is 10. The molecule has 294 valence electrons. The highest BCUT2D eigenvalue weighted by molar-refractivity contribution is 6.09. The van der Waals surface area contributed by atoms with Crippen LogP contribution in [-0.2, 0) is 0 Å². The predicted octanol–water partition coefficient (Wildman–Crippen LogP) is 15.3. The summed E-state index contributed by atoms with van der Waals surface area (Å²) < 4.78 is 2.33. The van der Waals surface area contributed by atoms with Crippen molar-refractivity contribution < 1.29 is 0 Å². The van der Waals surface area contributed by atoms with Gasteiger partial charge in [0.25, 0.3) is 0 Å². The van der Waals surface area contributed by atoms with Crippen LogP contribution in [0.15, 0.2) is 231 Å². The van der Waals surface area contributed by atoms with Crippen molar-refractivity contribution in [1.29, 1.82) is 0 Å². The molecule has 12 rings (SSSR count). The molecule has 2 aromatic heterocycles. The Labute approximate surface area is 365 Å². The second-order valence-corrected chi connectivity index (χ2v) is 16.0. The Morgan fingerprint density at radius 1 is 0.254 bits per heavy atom. The summed E-state index contributed by atoms with van der Waals surface area (Å²) >= 11 is 0. The smallest absolute Gasteiger partial charge is 0.164 e. The lowest BCUT2D eigenvalue weighted by Gasteiger charge is -2.14. The third-order valence-electron chi connectivity index (χ3n) is 12.2. The van der Waals surface area contributed by atoms with E-state index in [1.54, 1.807) is 0 Å². The average Bonchev–Trinajstić information content (AvgIpc) is 3.70. The third-order valence-corrected chi connectivity index (χ3v) is 12.2. The van der Waals surface area contributed by atoms with Gasteiger partial charge >= 0.3 is 0 Å². The molecule has 0 bridgehead atoms. The Hall–Kier alpha value is -8.47. The fourth-order valence-electron chi connectivity index (χ4n) is 9.19. The van der Waals surface area contributed by atoms with Crippen LogP contribution in [0.4, 0.5) is 0 Å². The van der Waals surface area contributed by atoms with Gasteiger partial charge in [0.05, 0.1) is 11.0 Å². The largest absolute Gasteiger partial charge is 0.309 e. The summed E-state index contributed by atoms with van der Waals surface area (Å²) in [6, 6.07) is 81.7. The third kappa shape index (κ3) is 6.53. The molecule has 0 saturated heterocycles. The number of hydrogen-bond acceptors (Lipinski definition) is 3. The van der Waals surface area contributed by atoms with Crippen LogP contribution in [0.25, 0.3) is 117 Å². The molecule has 0 unspecified atom stereocenters. The number of aromatic nitrogens is 4. The van der Waals surface area contributed by atoms with E-state index in [1.165, 1.54) is 43.4 Å². The van der Waals surface area contributed by atoms with Crippen molar-refractivity contribution in [2.45, 2.75) is 0 Å². The van der Waals surface area contributed by atoms with E-state index in [0.717, 1.165) is 55.7 Å². The Morgan fingerprint density at radius 2 is 0.746 bits per heavy atom. The minimum atomic E-state index is 0.610. The van der Waals surface area contributed by atoms with Gasteiger partial charge in [0.2, 0.25) is 0 Å². The molecule has 0 N–H and O–H groups in total. The van der Waals surface area contributed by atoms with Gasteiger partial charge in [-0.25, -0.2) is 15.0 Å². The van der Waals surface area contributed by atoms with Crippen LogP contribution in [0.3, 0.4) is 0 Å². The fourth-order valence-corrected chi connectivity index (χ4v) is 9.19. The summed E-state index contributed by atoms with van der Waals surface area (Å²) in [6.07, 6.45) is 0. The Kier molecular flexibility index (Phi) is 8.79. The quantitative estimate of drug-likeness (QED) is 0.161. The first kappa shape index (κ1) is 36.4. The van der Waals surface area contributed by atoms with Crippen molar-refractivity contribution in [3.05, 3.63) is 231 Å². The Bertz CT molecular complexity index is 3640. The first-order chi connectivity index (χ1) is 31.2. The van der Waals surface area contributed by atoms with Gasteiger partial charge in [-0.1, -0.05) is 188 Å². The Morgan fingerprint density at radius 3 is 1.51 bits per heavy atom. The van der Waals surface area contributed by atoms with Gasteiger partial charge in [0.15, 0.2) is 17.5 Å². The molecule has 4 heteroatoms. The standard InChI is InChI=1S/C59H38N4/c1-2-15-39(16-3-1)50-24-6-7-27-54(50)59-61-57(60-58(62-59)47-21-13-22-48(38-47)63-55-29-10-8-25-52(55)53-26-9-11-30-56(53)63)46-20-12-19-41(37-46)42-31-32-44-36-45(34-33-43(44)35-42)51-28-14-18-40-17-4-5-23-49(40)51/h1-38H. The van der Waals surface area contributed by atoms with E-state index in [1.807, 2.05) is 6.07 Å². The molecule has 0 aliphatic rings. The molecule has 0 aliphatic carbocycles. The summed E-state index contributed by atoms with van der Waals surface area (Å²) in [5, 5.41) is 7.34. The lowest BCUT2D eigenvalue weighted by Crippen LogP contribution is -2.02. The maximum absolute atomic E-state index is 5.26. The van der Waals surface area contributed by atoms with Crippen molar-refractivity contribution >= 4 is 43.4 Å². The molecule has 0 fully saturated rings. The zero-order chi connectivity index (χ0) is 41.7. The van der Waals surface area contributed by atoms with Gasteiger partial charge in [-0.15, -0.1) is 0 Å². The molecule has 4 nitrogen and oxygen atoms in total. The topological polar surface area (TPSA) is 43.6 Å². The van der Waals surface area contributed by atoms with E-state index in [9.17, 15) is 0 Å². The van der Waals surface area contributed by atoms with Crippen molar-refractivity contribution in [2.75, 3.05) is 0 Å². The molecule has 0 atom stereocenters. The van der Waals surface area contributed by atoms with Gasteiger partial charge in [-0.05, 0) is 97.4 Å². The molecule has 2 heterocycles. The van der Waals surface area contributed by atoms with E-state index in [4.69, 9.17) is 15.0 Å². The molecular weight excluding hydrogens is 765 g/mol. The van der Waals surface area contributed by atoms with Crippen LogP contribution in [-0.4, -0.2) is 19.5 Å². The number of para-hydroxylation sites is 2. The van der Waals surface area contributed by atoms with Crippen LogP contribution in [0.1, 0.15) is 0 Å². The highest BCUT2D eigenvalue weighted by atomic mass is 15.0. The predicted molar refractivity (Wildman–Crippen MR) is 262 cm³/mol. The maximum Gasteiger partial charge on any atom is 0.164 e. The van der Waals surface area contributed by atoms with Gasteiger partial charge in [0, 0.05) is 33.2 Å². The zero-order valence-corrected chi connectivity index (χ0v) is 34.2. The van der Waals surface area contributed by atoms with E-state index in [2.05, 4.69) is 229 Å². The van der Waals surface area contributed by atoms with Gasteiger partial charge in [-0.3, -0.25) is 0 Å². The Balaban J connectivity index is 0.978. The van der Waals surface area contributed by atoms with E-state index >= 15 is 0 Å². The fraction of sp³-hybridized carbons (Fsp3) is 0. The van der Waals surface area contributed by atoms with E-state index in [-0.39, 0.29) is 0 Å². The number of rotatable bonds is 7. The van der Waals surface area contributed by atoms with Gasteiger partial charge in [0.1, 0.15) is 0 Å². The minimum Gasteiger partial charge on any atom is -0.309 e. The van der Waals surface area contributed by atoms with Crippen molar-refractivity contribution in [2.24, 2.45) is 0 Å². The van der Waals surface area contributed by atoms with Gasteiger partial charge in [-0.2, -0.15) is 0 Å². The maximum atomic E-state index is 5.26. The van der Waals surface area contributed by atoms with Crippen LogP contribution < -0.4 is 0 Å². The summed E-state index contributed by atoms with van der Waals surface area (Å²) in [6.45, 7) is 0. The second kappa shape index (κ2) is 15.2. The summed E-state index contributed by atoms with van der Waals surface area (Å²) in [5.41, 5.74) is 13.0. The molecule has 0 radical (unpaired) electrons. The van der Waals surface area contributed by atoms with Crippen molar-refractivity contribution in [1.82, 2.24) is 19.5 Å². The molecular formula is C59H38N4. The van der Waals surface area contributed by atoms with Crippen LogP contribution in [0, 0.1) is 0 Å². The normalized spacial score (nSPS) is 11.5. The lowest BCUT2D eigenvalue weighted by atomic mass is 9.94. The van der Waals surface area contributed by atoms with Crippen molar-refractivity contribution in [3.63, 3.8) is 0 Å². The van der Waals surface area contributed by atoms with E-state index in [0.29, 0.717) is 17.5 Å². The highest BCUT2D eigenvalue weighted by Crippen LogP contribution is 2.37. The molecule has 63 heavy (non-hydrogen) atoms. The zero-order valence-electron chi connectivity index (χ0n) is 34.2. The molecule has 0 saturated carbocycles. The van der Waals surface area contributed by atoms with Crippen LogP contribution in [0.5, 0.6) is 0 Å². The number of nitrogens with zero attached hydrogens (tertiary/aromatic N) is 4. The summed E-state index contributed by atoms with van der Waals surface area (Å²) in [5.74, 6) is 1.84. The SMILES string of the molecule is c1ccc(-c2ccccc2-c2nc(-c3cccc(-c4ccc5cc(-c6cccc7ccccc67)ccc5c4)c3)nc(-c3cccc(-n4c5ccccc5c5ccccc54)c3)n2)cc1. The lowest BCUT2D eigenvalue weighted by molar-refractivity contribution is 1.07. The number of fused-ring (bicyclic) bond motifs is 5. The molecule has 10 aromatic carbocycles. The molecule has 12 aromatic rings. The molecule has 0 spiro atoms. The first-order valence-corrected chi connectivity index (χ1v) is 21.3. The van der Waals surface area contributed by atoms with Crippen LogP contribution in [0.2, 0.25) is 0 Å². The minimum absolute atomic E-state index is 0.610. The molecule has 0 aliphatic heterocycles. The molecule has 0 amide bonds. The number of hydrogen-bond donors (Lipinski definition) is 0. The average molecular weight is 803 g/mol. The van der Waals surface area contributed by atoms with Crippen LogP contribution >= 0.6 is 0 Å². The first-order valence-electron chi connectivity index (χ1n) is 21.3. The summed E-state index contributed by atoms with van der Waals surface area (Å²) in [7, 11) is 0. The second-order valence-electron chi connectivity index (χ2n) is 16.0.